The molecule has 0 fully saturated rings. The number of hydrogen-bond acceptors (Lipinski definition) is 5. The van der Waals surface area contributed by atoms with E-state index in [4.69, 9.17) is 4.42 Å². The lowest BCUT2D eigenvalue weighted by Gasteiger charge is -2.02. The molecule has 7 heteroatoms. The second-order valence-corrected chi connectivity index (χ2v) is 3.99. The van der Waals surface area contributed by atoms with Gasteiger partial charge < -0.3 is 15.1 Å². The van der Waals surface area contributed by atoms with Gasteiger partial charge in [-0.25, -0.2) is 8.78 Å². The van der Waals surface area contributed by atoms with Crippen molar-refractivity contribution in [3.63, 3.8) is 0 Å². The summed E-state index contributed by atoms with van der Waals surface area (Å²) in [6.07, 6.45) is 0.457. The van der Waals surface area contributed by atoms with E-state index in [9.17, 15) is 8.78 Å². The van der Waals surface area contributed by atoms with Crippen LogP contribution >= 0.6 is 0 Å². The van der Waals surface area contributed by atoms with Crippen LogP contribution in [-0.2, 0) is 13.0 Å². The first-order valence-electron chi connectivity index (χ1n) is 5.83. The van der Waals surface area contributed by atoms with Crippen molar-refractivity contribution >= 4 is 6.01 Å². The molecule has 0 atom stereocenters. The Morgan fingerprint density at radius 3 is 2.58 bits per heavy atom. The average Bonchev–Trinajstić information content (AvgIpc) is 2.76. The number of hydrogen-bond donors (Lipinski definition) is 2. The first-order chi connectivity index (χ1) is 9.17. The highest BCUT2D eigenvalue weighted by atomic mass is 19.1. The highest BCUT2D eigenvalue weighted by Crippen LogP contribution is 2.09. The van der Waals surface area contributed by atoms with E-state index < -0.39 is 11.6 Å². The van der Waals surface area contributed by atoms with Gasteiger partial charge in [0.05, 0.1) is 6.54 Å². The Kier molecular flexibility index (Phi) is 4.40. The molecule has 0 saturated carbocycles. The summed E-state index contributed by atoms with van der Waals surface area (Å²) in [6.45, 7) is 0.938. The van der Waals surface area contributed by atoms with Crippen molar-refractivity contribution < 1.29 is 13.2 Å². The Hall–Kier alpha value is -2.02. The number of halogens is 2. The van der Waals surface area contributed by atoms with Crippen LogP contribution in [0.4, 0.5) is 14.8 Å². The summed E-state index contributed by atoms with van der Waals surface area (Å²) in [6, 6.07) is 3.73. The summed E-state index contributed by atoms with van der Waals surface area (Å²) in [5, 5.41) is 13.4. The molecule has 2 aromatic rings. The fourth-order valence-electron chi connectivity index (χ4n) is 1.62. The van der Waals surface area contributed by atoms with Crippen LogP contribution in [0.2, 0.25) is 0 Å². The summed E-state index contributed by atoms with van der Waals surface area (Å²) in [4.78, 5) is 0. The largest absolute Gasteiger partial charge is 0.407 e. The molecule has 1 heterocycles. The molecule has 0 unspecified atom stereocenters. The monoisotopic (exact) mass is 268 g/mol. The van der Waals surface area contributed by atoms with Gasteiger partial charge in [-0.1, -0.05) is 5.10 Å². The topological polar surface area (TPSA) is 63.0 Å². The molecule has 0 radical (unpaired) electrons. The van der Waals surface area contributed by atoms with E-state index in [0.29, 0.717) is 37.0 Å². The lowest BCUT2D eigenvalue weighted by Crippen LogP contribution is -2.06. The highest BCUT2D eigenvalue weighted by Gasteiger charge is 2.05. The number of rotatable bonds is 6. The van der Waals surface area contributed by atoms with Gasteiger partial charge >= 0.3 is 6.01 Å². The van der Waals surface area contributed by atoms with Gasteiger partial charge in [0.25, 0.3) is 0 Å². The Bertz CT molecular complexity index is 524. The summed E-state index contributed by atoms with van der Waals surface area (Å²) in [7, 11) is 1.77. The highest BCUT2D eigenvalue weighted by molar-refractivity contribution is 5.21. The Morgan fingerprint density at radius 1 is 1.16 bits per heavy atom. The first-order valence-corrected chi connectivity index (χ1v) is 5.83. The zero-order valence-corrected chi connectivity index (χ0v) is 10.4. The predicted octanol–water partition coefficient (Wildman–Crippen LogP) is 1.72. The molecule has 0 amide bonds. The molecule has 0 spiro atoms. The quantitative estimate of drug-likeness (QED) is 0.835. The van der Waals surface area contributed by atoms with E-state index in [-0.39, 0.29) is 0 Å². The van der Waals surface area contributed by atoms with Crippen molar-refractivity contribution in [2.75, 3.05) is 18.9 Å². The number of nitrogens with one attached hydrogen (secondary N) is 2. The van der Waals surface area contributed by atoms with Crippen molar-refractivity contribution in [3.8, 4) is 0 Å². The number of anilines is 1. The number of nitrogens with zero attached hydrogens (tertiary/aromatic N) is 2. The van der Waals surface area contributed by atoms with Crippen molar-refractivity contribution in [3.05, 3.63) is 41.3 Å². The van der Waals surface area contributed by atoms with Gasteiger partial charge in [-0.15, -0.1) is 5.10 Å². The molecule has 2 rings (SSSR count). The summed E-state index contributed by atoms with van der Waals surface area (Å²) in [5.41, 5.74) is 0.569. The Balaban J connectivity index is 1.85. The molecular weight excluding hydrogens is 254 g/mol. The molecule has 1 aromatic heterocycles. The van der Waals surface area contributed by atoms with Gasteiger partial charge in [-0.05, 0) is 31.2 Å². The summed E-state index contributed by atoms with van der Waals surface area (Å²) < 4.78 is 31.2. The molecule has 102 valence electrons. The predicted molar refractivity (Wildman–Crippen MR) is 65.6 cm³/mol. The van der Waals surface area contributed by atoms with Crippen LogP contribution in [0.1, 0.15) is 11.5 Å². The van der Waals surface area contributed by atoms with E-state index in [1.54, 1.807) is 7.05 Å². The minimum absolute atomic E-state index is 0.294. The molecule has 5 nitrogen and oxygen atoms in total. The normalized spacial score (nSPS) is 10.7. The number of aromatic nitrogens is 2. The van der Waals surface area contributed by atoms with Crippen LogP contribution in [0.5, 0.6) is 0 Å². The maximum absolute atomic E-state index is 13.0. The zero-order valence-electron chi connectivity index (χ0n) is 10.4. The lowest BCUT2D eigenvalue weighted by atomic mass is 10.1. The molecule has 1 aromatic carbocycles. The zero-order chi connectivity index (χ0) is 13.7. The third-order valence-corrected chi connectivity index (χ3v) is 2.41. The van der Waals surface area contributed by atoms with Crippen molar-refractivity contribution in [1.29, 1.82) is 0 Å². The second kappa shape index (κ2) is 6.24. The fourth-order valence-corrected chi connectivity index (χ4v) is 1.62. The standard InChI is InChI=1S/C12H14F2N4O/c1-15-7-11-17-18-12(19-11)16-3-2-8-4-9(13)6-10(14)5-8/h4-6,15H,2-3,7H2,1H3,(H,16,18). The number of benzene rings is 1. The first kappa shape index (κ1) is 13.4. The van der Waals surface area contributed by atoms with Crippen LogP contribution in [0, 0.1) is 11.6 Å². The average molecular weight is 268 g/mol. The van der Waals surface area contributed by atoms with E-state index in [1.807, 2.05) is 0 Å². The molecule has 2 N–H and O–H groups in total. The maximum atomic E-state index is 13.0. The minimum Gasteiger partial charge on any atom is -0.407 e. The van der Waals surface area contributed by atoms with Gasteiger partial charge in [0.15, 0.2) is 0 Å². The van der Waals surface area contributed by atoms with Gasteiger partial charge in [-0.2, -0.15) is 0 Å². The van der Waals surface area contributed by atoms with Crippen LogP contribution in [0.3, 0.4) is 0 Å². The van der Waals surface area contributed by atoms with Crippen LogP contribution in [0.15, 0.2) is 22.6 Å². The Labute approximate surface area is 109 Å². The smallest absolute Gasteiger partial charge is 0.315 e. The van der Waals surface area contributed by atoms with Crippen molar-refractivity contribution in [2.45, 2.75) is 13.0 Å². The van der Waals surface area contributed by atoms with Gasteiger partial charge in [-0.3, -0.25) is 0 Å². The van der Waals surface area contributed by atoms with E-state index >= 15 is 0 Å². The fraction of sp³-hybridized carbons (Fsp3) is 0.333. The summed E-state index contributed by atoms with van der Waals surface area (Å²) >= 11 is 0. The van der Waals surface area contributed by atoms with Gasteiger partial charge in [0, 0.05) is 12.6 Å². The van der Waals surface area contributed by atoms with Crippen molar-refractivity contribution in [2.24, 2.45) is 0 Å². The third-order valence-electron chi connectivity index (χ3n) is 2.41. The maximum Gasteiger partial charge on any atom is 0.315 e. The van der Waals surface area contributed by atoms with Crippen LogP contribution < -0.4 is 10.6 Å². The van der Waals surface area contributed by atoms with Gasteiger partial charge in [0.1, 0.15) is 11.6 Å². The molecule has 19 heavy (non-hydrogen) atoms. The van der Waals surface area contributed by atoms with E-state index in [1.165, 1.54) is 12.1 Å². The molecular formula is C12H14F2N4O. The third kappa shape index (κ3) is 3.99. The van der Waals surface area contributed by atoms with Crippen LogP contribution in [-0.4, -0.2) is 23.8 Å². The minimum atomic E-state index is -0.580. The van der Waals surface area contributed by atoms with Gasteiger partial charge in [0.2, 0.25) is 5.89 Å². The second-order valence-electron chi connectivity index (χ2n) is 3.99. The molecule has 0 aliphatic carbocycles. The van der Waals surface area contributed by atoms with Crippen LogP contribution in [0.25, 0.3) is 0 Å². The molecule has 0 aliphatic heterocycles. The summed E-state index contributed by atoms with van der Waals surface area (Å²) in [5.74, 6) is -0.685. The van der Waals surface area contributed by atoms with Crippen molar-refractivity contribution in [1.82, 2.24) is 15.5 Å². The van der Waals surface area contributed by atoms with E-state index in [0.717, 1.165) is 6.07 Å². The SMILES string of the molecule is CNCc1nnc(NCCc2cc(F)cc(F)c2)o1. The van der Waals surface area contributed by atoms with E-state index in [2.05, 4.69) is 20.8 Å². The lowest BCUT2D eigenvalue weighted by molar-refractivity contribution is 0.489. The molecule has 0 aliphatic rings. The molecule has 0 bridgehead atoms. The molecule has 0 saturated heterocycles. The Morgan fingerprint density at radius 2 is 1.89 bits per heavy atom.